The maximum atomic E-state index is 12.1. The maximum absolute atomic E-state index is 12.1. The van der Waals surface area contributed by atoms with Crippen LogP contribution in [0.15, 0.2) is 29.2 Å². The highest BCUT2D eigenvalue weighted by Gasteiger charge is 2.21. The fourth-order valence-corrected chi connectivity index (χ4v) is 2.44. The van der Waals surface area contributed by atoms with Gasteiger partial charge in [0.15, 0.2) is 0 Å². The van der Waals surface area contributed by atoms with Crippen LogP contribution in [0.1, 0.15) is 13.8 Å². The third kappa shape index (κ3) is 2.82. The topological polar surface area (TPSA) is 72.2 Å². The molecule has 1 aromatic rings. The lowest BCUT2D eigenvalue weighted by Gasteiger charge is -2.12. The van der Waals surface area contributed by atoms with Crippen LogP contribution in [0.2, 0.25) is 0 Å². The SMILES string of the molecule is CCNC(=O)C(C)S(=O)c1ccccc1N. The Morgan fingerprint density at radius 1 is 1.50 bits per heavy atom. The van der Waals surface area contributed by atoms with Crippen molar-refractivity contribution >= 4 is 22.4 Å². The van der Waals surface area contributed by atoms with Crippen molar-refractivity contribution in [3.63, 3.8) is 0 Å². The number of carbonyl (C=O) groups excluding carboxylic acids is 1. The Balaban J connectivity index is 2.86. The van der Waals surface area contributed by atoms with Crippen LogP contribution >= 0.6 is 0 Å². The third-order valence-electron chi connectivity index (χ3n) is 2.18. The second-order valence-electron chi connectivity index (χ2n) is 3.37. The zero-order valence-electron chi connectivity index (χ0n) is 9.40. The monoisotopic (exact) mass is 240 g/mol. The van der Waals surface area contributed by atoms with E-state index in [-0.39, 0.29) is 5.91 Å². The number of nitrogen functional groups attached to an aromatic ring is 1. The number of nitrogens with two attached hydrogens (primary N) is 1. The molecule has 4 nitrogen and oxygen atoms in total. The zero-order chi connectivity index (χ0) is 12.1. The predicted octanol–water partition coefficient (Wildman–Crippen LogP) is 0.901. The van der Waals surface area contributed by atoms with Crippen LogP contribution in [0.3, 0.4) is 0 Å². The van der Waals surface area contributed by atoms with Gasteiger partial charge in [-0.3, -0.25) is 9.00 Å². The van der Waals surface area contributed by atoms with Crippen LogP contribution in [0, 0.1) is 0 Å². The van der Waals surface area contributed by atoms with Gasteiger partial charge in [-0.05, 0) is 26.0 Å². The summed E-state index contributed by atoms with van der Waals surface area (Å²) in [7, 11) is -1.41. The number of para-hydroxylation sites is 1. The van der Waals surface area contributed by atoms with E-state index in [1.54, 1.807) is 31.2 Å². The summed E-state index contributed by atoms with van der Waals surface area (Å²) in [6, 6.07) is 6.89. The molecule has 0 saturated carbocycles. The van der Waals surface area contributed by atoms with Crippen molar-refractivity contribution in [3.8, 4) is 0 Å². The van der Waals surface area contributed by atoms with E-state index in [1.165, 1.54) is 0 Å². The molecular formula is C11H16N2O2S. The molecule has 2 unspecified atom stereocenters. The predicted molar refractivity (Wildman–Crippen MR) is 65.4 cm³/mol. The van der Waals surface area contributed by atoms with Gasteiger partial charge in [0.1, 0.15) is 5.25 Å². The highest BCUT2D eigenvalue weighted by molar-refractivity contribution is 7.86. The minimum atomic E-state index is -1.41. The van der Waals surface area contributed by atoms with E-state index >= 15 is 0 Å². The third-order valence-corrected chi connectivity index (χ3v) is 3.84. The molecule has 16 heavy (non-hydrogen) atoms. The van der Waals surface area contributed by atoms with Crippen molar-refractivity contribution < 1.29 is 9.00 Å². The number of hydrogen-bond acceptors (Lipinski definition) is 3. The molecule has 3 N–H and O–H groups in total. The Hall–Kier alpha value is -1.36. The van der Waals surface area contributed by atoms with E-state index in [2.05, 4.69) is 5.32 Å². The summed E-state index contributed by atoms with van der Waals surface area (Å²) in [5.74, 6) is -0.218. The minimum absolute atomic E-state index is 0.218. The lowest BCUT2D eigenvalue weighted by atomic mass is 10.3. The molecular weight excluding hydrogens is 224 g/mol. The van der Waals surface area contributed by atoms with E-state index in [4.69, 9.17) is 5.73 Å². The summed E-state index contributed by atoms with van der Waals surface area (Å²) in [5, 5.41) is 2.05. The first-order valence-electron chi connectivity index (χ1n) is 5.10. The Labute approximate surface area is 97.7 Å². The van der Waals surface area contributed by atoms with Gasteiger partial charge in [-0.2, -0.15) is 0 Å². The van der Waals surface area contributed by atoms with E-state index < -0.39 is 16.0 Å². The molecule has 1 amide bonds. The van der Waals surface area contributed by atoms with Crippen molar-refractivity contribution in [1.82, 2.24) is 5.32 Å². The lowest BCUT2D eigenvalue weighted by Crippen LogP contribution is -2.35. The van der Waals surface area contributed by atoms with Crippen molar-refractivity contribution in [2.75, 3.05) is 12.3 Å². The zero-order valence-corrected chi connectivity index (χ0v) is 10.2. The smallest absolute Gasteiger partial charge is 0.235 e. The fourth-order valence-electron chi connectivity index (χ4n) is 1.27. The summed E-state index contributed by atoms with van der Waals surface area (Å²) in [6.07, 6.45) is 0. The van der Waals surface area contributed by atoms with Crippen LogP contribution in [-0.4, -0.2) is 21.9 Å². The van der Waals surface area contributed by atoms with Gasteiger partial charge in [0.05, 0.1) is 15.7 Å². The van der Waals surface area contributed by atoms with E-state index in [0.717, 1.165) is 0 Å². The molecule has 88 valence electrons. The molecule has 0 aromatic heterocycles. The van der Waals surface area contributed by atoms with E-state index in [0.29, 0.717) is 17.1 Å². The van der Waals surface area contributed by atoms with Crippen molar-refractivity contribution in [2.45, 2.75) is 24.0 Å². The highest BCUT2D eigenvalue weighted by Crippen LogP contribution is 2.18. The van der Waals surface area contributed by atoms with Crippen molar-refractivity contribution in [1.29, 1.82) is 0 Å². The molecule has 0 bridgehead atoms. The van der Waals surface area contributed by atoms with Crippen molar-refractivity contribution in [2.24, 2.45) is 0 Å². The second kappa shape index (κ2) is 5.65. The summed E-state index contributed by atoms with van der Waals surface area (Å²) < 4.78 is 12.1. The fraction of sp³-hybridized carbons (Fsp3) is 0.364. The molecule has 0 heterocycles. The minimum Gasteiger partial charge on any atom is -0.398 e. The summed E-state index contributed by atoms with van der Waals surface area (Å²) in [4.78, 5) is 12.0. The Morgan fingerprint density at radius 3 is 2.69 bits per heavy atom. The number of anilines is 1. The summed E-state index contributed by atoms with van der Waals surface area (Å²) in [6.45, 7) is 3.99. The number of hydrogen-bond donors (Lipinski definition) is 2. The Bertz CT molecular complexity index is 407. The van der Waals surface area contributed by atoms with Gasteiger partial charge in [-0.1, -0.05) is 12.1 Å². The van der Waals surface area contributed by atoms with Crippen LogP contribution < -0.4 is 11.1 Å². The number of benzene rings is 1. The molecule has 0 aliphatic carbocycles. The first-order chi connectivity index (χ1) is 7.57. The molecule has 0 aliphatic heterocycles. The summed E-state index contributed by atoms with van der Waals surface area (Å²) in [5.41, 5.74) is 6.16. The molecule has 0 spiro atoms. The van der Waals surface area contributed by atoms with Gasteiger partial charge in [0.2, 0.25) is 5.91 Å². The summed E-state index contributed by atoms with van der Waals surface area (Å²) >= 11 is 0. The largest absolute Gasteiger partial charge is 0.398 e. The standard InChI is InChI=1S/C11H16N2O2S/c1-3-13-11(14)8(2)16(15)10-7-5-4-6-9(10)12/h4-8H,3,12H2,1-2H3,(H,13,14). The van der Waals surface area contributed by atoms with Gasteiger partial charge in [0.25, 0.3) is 0 Å². The normalized spacial score (nSPS) is 14.1. The highest BCUT2D eigenvalue weighted by atomic mass is 32.2. The van der Waals surface area contributed by atoms with Gasteiger partial charge >= 0.3 is 0 Å². The average molecular weight is 240 g/mol. The molecule has 1 rings (SSSR count). The molecule has 0 aliphatic rings. The first-order valence-corrected chi connectivity index (χ1v) is 6.32. The van der Waals surface area contributed by atoms with E-state index in [9.17, 15) is 9.00 Å². The maximum Gasteiger partial charge on any atom is 0.235 e. The number of nitrogens with one attached hydrogen (secondary N) is 1. The Kier molecular flexibility index (Phi) is 4.49. The molecule has 5 heteroatoms. The number of amides is 1. The van der Waals surface area contributed by atoms with Gasteiger partial charge in [-0.15, -0.1) is 0 Å². The van der Waals surface area contributed by atoms with Crippen molar-refractivity contribution in [3.05, 3.63) is 24.3 Å². The molecule has 2 atom stereocenters. The number of rotatable bonds is 4. The molecule has 1 aromatic carbocycles. The van der Waals surface area contributed by atoms with Gasteiger partial charge < -0.3 is 11.1 Å². The average Bonchev–Trinajstić information content (AvgIpc) is 2.28. The van der Waals surface area contributed by atoms with Crippen LogP contribution in [0.25, 0.3) is 0 Å². The number of carbonyl (C=O) groups is 1. The van der Waals surface area contributed by atoms with Crippen LogP contribution in [-0.2, 0) is 15.6 Å². The van der Waals surface area contributed by atoms with Gasteiger partial charge in [-0.25, -0.2) is 0 Å². The lowest BCUT2D eigenvalue weighted by molar-refractivity contribution is -0.120. The molecule has 0 radical (unpaired) electrons. The van der Waals surface area contributed by atoms with Crippen LogP contribution in [0.4, 0.5) is 5.69 Å². The first kappa shape index (κ1) is 12.7. The quantitative estimate of drug-likeness (QED) is 0.768. The van der Waals surface area contributed by atoms with E-state index in [1.807, 2.05) is 6.92 Å². The molecule has 0 saturated heterocycles. The van der Waals surface area contributed by atoms with Gasteiger partial charge in [0, 0.05) is 12.2 Å². The van der Waals surface area contributed by atoms with Crippen LogP contribution in [0.5, 0.6) is 0 Å². The Morgan fingerprint density at radius 2 is 2.12 bits per heavy atom. The molecule has 0 fully saturated rings. The second-order valence-corrected chi connectivity index (χ2v) is 5.11.